The predicted molar refractivity (Wildman–Crippen MR) is 129 cm³/mol. The quantitative estimate of drug-likeness (QED) is 0.592. The summed E-state index contributed by atoms with van der Waals surface area (Å²) in [6, 6.07) is 10.9. The molecule has 2 aromatic carbocycles. The van der Waals surface area contributed by atoms with Crippen molar-refractivity contribution in [1.29, 1.82) is 0 Å². The number of nitrogens with zero attached hydrogens (tertiary/aromatic N) is 1. The number of amides is 3. The topological polar surface area (TPSA) is 87.7 Å². The Balaban J connectivity index is 1.74. The normalized spacial score (nSPS) is 16.6. The van der Waals surface area contributed by atoms with Crippen LogP contribution >= 0.6 is 23.2 Å². The number of nitrogens with one attached hydrogen (secondary N) is 2. The molecule has 1 aliphatic rings. The monoisotopic (exact) mass is 491 g/mol. The highest BCUT2D eigenvalue weighted by atomic mass is 35.5. The van der Waals surface area contributed by atoms with Gasteiger partial charge in [-0.05, 0) is 55.2 Å². The first-order chi connectivity index (χ1) is 15.8. The van der Waals surface area contributed by atoms with Crippen molar-refractivity contribution in [3.8, 4) is 5.75 Å². The molecule has 0 spiro atoms. The van der Waals surface area contributed by atoms with E-state index in [1.54, 1.807) is 42.3 Å². The average Bonchev–Trinajstić information content (AvgIpc) is 2.80. The number of carbonyl (C=O) groups excluding carboxylic acids is 3. The minimum atomic E-state index is -0.602. The van der Waals surface area contributed by atoms with Gasteiger partial charge >= 0.3 is 0 Å². The first-order valence-electron chi connectivity index (χ1n) is 10.7. The van der Waals surface area contributed by atoms with E-state index in [-0.39, 0.29) is 24.1 Å². The molecule has 1 fully saturated rings. The van der Waals surface area contributed by atoms with E-state index in [1.807, 2.05) is 12.1 Å². The number of methoxy groups -OCH3 is 1. The highest BCUT2D eigenvalue weighted by Crippen LogP contribution is 2.27. The van der Waals surface area contributed by atoms with Crippen molar-refractivity contribution < 1.29 is 19.1 Å². The van der Waals surface area contributed by atoms with Gasteiger partial charge in [0.2, 0.25) is 17.7 Å². The van der Waals surface area contributed by atoms with Crippen LogP contribution in [-0.4, -0.2) is 42.3 Å². The molecule has 1 saturated heterocycles. The fourth-order valence-corrected chi connectivity index (χ4v) is 4.23. The van der Waals surface area contributed by atoms with Crippen LogP contribution < -0.4 is 15.4 Å². The molecule has 0 bridgehead atoms. The fraction of sp³-hybridized carbons (Fsp3) is 0.375. The molecular weight excluding hydrogens is 465 g/mol. The van der Waals surface area contributed by atoms with Crippen molar-refractivity contribution in [2.45, 2.75) is 44.7 Å². The lowest BCUT2D eigenvalue weighted by Crippen LogP contribution is -2.50. The minimum absolute atomic E-state index is 0.0441. The summed E-state index contributed by atoms with van der Waals surface area (Å²) in [7, 11) is 1.57. The van der Waals surface area contributed by atoms with Gasteiger partial charge < -0.3 is 20.3 Å². The van der Waals surface area contributed by atoms with Crippen LogP contribution in [0.25, 0.3) is 0 Å². The molecule has 9 heteroatoms. The largest absolute Gasteiger partial charge is 0.497 e. The Labute approximate surface area is 203 Å². The van der Waals surface area contributed by atoms with Crippen molar-refractivity contribution in [3.63, 3.8) is 0 Å². The van der Waals surface area contributed by atoms with Gasteiger partial charge in [-0.1, -0.05) is 35.3 Å². The molecule has 2 atom stereocenters. The van der Waals surface area contributed by atoms with Gasteiger partial charge in [0.05, 0.1) is 29.6 Å². The van der Waals surface area contributed by atoms with Gasteiger partial charge in [0.25, 0.3) is 0 Å². The van der Waals surface area contributed by atoms with Crippen molar-refractivity contribution >= 4 is 46.6 Å². The van der Waals surface area contributed by atoms with E-state index in [2.05, 4.69) is 10.6 Å². The summed E-state index contributed by atoms with van der Waals surface area (Å²) >= 11 is 12.0. The summed E-state index contributed by atoms with van der Waals surface area (Å²) in [6.07, 6.45) is 2.27. The second-order valence-corrected chi connectivity index (χ2v) is 8.76. The van der Waals surface area contributed by atoms with E-state index in [1.165, 1.54) is 6.92 Å². The van der Waals surface area contributed by atoms with Crippen LogP contribution in [0.5, 0.6) is 5.75 Å². The smallest absolute Gasteiger partial charge is 0.247 e. The summed E-state index contributed by atoms with van der Waals surface area (Å²) in [5.41, 5.74) is 1.30. The Morgan fingerprint density at radius 2 is 1.82 bits per heavy atom. The molecule has 0 radical (unpaired) electrons. The lowest BCUT2D eigenvalue weighted by molar-refractivity contribution is -0.141. The van der Waals surface area contributed by atoms with E-state index in [0.717, 1.165) is 18.4 Å². The zero-order valence-corrected chi connectivity index (χ0v) is 20.1. The van der Waals surface area contributed by atoms with Crippen LogP contribution in [0.4, 0.5) is 5.69 Å². The SMILES string of the molecule is COc1ccc(C(CC(=O)N2CCCCC2C(=O)Nc2ccc(Cl)c(Cl)c2)NC(C)=O)cc1. The van der Waals surface area contributed by atoms with Crippen LogP contribution in [0, 0.1) is 0 Å². The van der Waals surface area contributed by atoms with Crippen LogP contribution in [-0.2, 0) is 14.4 Å². The molecule has 1 heterocycles. The molecule has 1 aliphatic heterocycles. The van der Waals surface area contributed by atoms with Gasteiger partial charge in [0, 0.05) is 19.2 Å². The number of anilines is 1. The number of piperidine rings is 1. The first-order valence-corrected chi connectivity index (χ1v) is 11.5. The maximum atomic E-state index is 13.3. The van der Waals surface area contributed by atoms with Gasteiger partial charge in [-0.25, -0.2) is 0 Å². The van der Waals surface area contributed by atoms with Crippen LogP contribution in [0.1, 0.15) is 44.2 Å². The number of ether oxygens (including phenoxy) is 1. The Bertz CT molecular complexity index is 1010. The molecule has 3 rings (SSSR count). The molecular formula is C24H27Cl2N3O4. The predicted octanol–water partition coefficient (Wildman–Crippen LogP) is 4.59. The second kappa shape index (κ2) is 11.4. The third-order valence-electron chi connectivity index (χ3n) is 5.59. The Morgan fingerprint density at radius 3 is 2.45 bits per heavy atom. The average molecular weight is 492 g/mol. The molecule has 0 saturated carbocycles. The number of hydrogen-bond acceptors (Lipinski definition) is 4. The molecule has 176 valence electrons. The molecule has 0 aliphatic carbocycles. The van der Waals surface area contributed by atoms with Gasteiger partial charge in [0.15, 0.2) is 0 Å². The third-order valence-corrected chi connectivity index (χ3v) is 6.33. The van der Waals surface area contributed by atoms with Crippen LogP contribution in [0.2, 0.25) is 10.0 Å². The summed E-state index contributed by atoms with van der Waals surface area (Å²) in [6.45, 7) is 1.89. The molecule has 33 heavy (non-hydrogen) atoms. The third kappa shape index (κ3) is 6.62. The Kier molecular flexibility index (Phi) is 8.58. The zero-order chi connectivity index (χ0) is 24.0. The van der Waals surface area contributed by atoms with Gasteiger partial charge in [0.1, 0.15) is 11.8 Å². The van der Waals surface area contributed by atoms with Crippen molar-refractivity contribution in [1.82, 2.24) is 10.2 Å². The number of carbonyl (C=O) groups is 3. The fourth-order valence-electron chi connectivity index (χ4n) is 3.93. The summed E-state index contributed by atoms with van der Waals surface area (Å²) in [4.78, 5) is 39.7. The molecule has 2 N–H and O–H groups in total. The summed E-state index contributed by atoms with van der Waals surface area (Å²) < 4.78 is 5.19. The highest BCUT2D eigenvalue weighted by molar-refractivity contribution is 6.42. The Morgan fingerprint density at radius 1 is 1.09 bits per heavy atom. The van der Waals surface area contributed by atoms with E-state index in [9.17, 15) is 14.4 Å². The van der Waals surface area contributed by atoms with Crippen molar-refractivity contribution in [2.75, 3.05) is 19.0 Å². The minimum Gasteiger partial charge on any atom is -0.497 e. The number of benzene rings is 2. The number of hydrogen-bond donors (Lipinski definition) is 2. The zero-order valence-electron chi connectivity index (χ0n) is 18.6. The standard InChI is InChI=1S/C24H27Cl2N3O4/c1-15(30)27-21(16-6-9-18(33-2)10-7-16)14-23(31)29-12-4-3-5-22(29)24(32)28-17-8-11-19(25)20(26)13-17/h6-11,13,21-22H,3-5,12,14H2,1-2H3,(H,27,30)(H,28,32). The molecule has 3 amide bonds. The Hall–Kier alpha value is -2.77. The summed E-state index contributed by atoms with van der Waals surface area (Å²) in [5, 5.41) is 6.41. The van der Waals surface area contributed by atoms with E-state index >= 15 is 0 Å². The first kappa shape index (κ1) is 24.9. The molecule has 2 unspecified atom stereocenters. The summed E-state index contributed by atoms with van der Waals surface area (Å²) in [5.74, 6) is -0.0292. The van der Waals surface area contributed by atoms with Gasteiger partial charge in [-0.15, -0.1) is 0 Å². The molecule has 2 aromatic rings. The van der Waals surface area contributed by atoms with Gasteiger partial charge in [-0.3, -0.25) is 14.4 Å². The molecule has 0 aromatic heterocycles. The second-order valence-electron chi connectivity index (χ2n) is 7.95. The molecule has 7 nitrogen and oxygen atoms in total. The number of rotatable bonds is 7. The van der Waals surface area contributed by atoms with E-state index in [0.29, 0.717) is 34.4 Å². The number of likely N-dealkylation sites (tertiary alicyclic amines) is 1. The van der Waals surface area contributed by atoms with Gasteiger partial charge in [-0.2, -0.15) is 0 Å². The van der Waals surface area contributed by atoms with E-state index < -0.39 is 12.1 Å². The lowest BCUT2D eigenvalue weighted by Gasteiger charge is -2.35. The lowest BCUT2D eigenvalue weighted by atomic mass is 9.98. The van der Waals surface area contributed by atoms with Crippen LogP contribution in [0.15, 0.2) is 42.5 Å². The van der Waals surface area contributed by atoms with Crippen molar-refractivity contribution in [2.24, 2.45) is 0 Å². The maximum absolute atomic E-state index is 13.3. The maximum Gasteiger partial charge on any atom is 0.247 e. The van der Waals surface area contributed by atoms with E-state index in [4.69, 9.17) is 27.9 Å². The van der Waals surface area contributed by atoms with Crippen LogP contribution in [0.3, 0.4) is 0 Å². The highest BCUT2D eigenvalue weighted by Gasteiger charge is 2.33. The van der Waals surface area contributed by atoms with Crippen molar-refractivity contribution in [3.05, 3.63) is 58.1 Å². The number of halogens is 2.